The normalized spacial score (nSPS) is 15.6. The van der Waals surface area contributed by atoms with Crippen molar-refractivity contribution in [2.24, 2.45) is 0 Å². The molecule has 3 nitrogen and oxygen atoms in total. The van der Waals surface area contributed by atoms with Crippen LogP contribution < -0.4 is 0 Å². The Morgan fingerprint density at radius 2 is 1.77 bits per heavy atom. The summed E-state index contributed by atoms with van der Waals surface area (Å²) in [7, 11) is 0. The maximum atomic E-state index is 13.4. The minimum Gasteiger partial charge on any atom is -0.361 e. The van der Waals surface area contributed by atoms with Crippen molar-refractivity contribution >= 4 is 16.8 Å². The first-order chi connectivity index (χ1) is 12.5. The van der Waals surface area contributed by atoms with Crippen LogP contribution in [-0.2, 0) is 0 Å². The molecule has 0 unspecified atom stereocenters. The Bertz CT molecular complexity index is 974. The van der Waals surface area contributed by atoms with Gasteiger partial charge in [-0.15, -0.1) is 0 Å². The average Bonchev–Trinajstić information content (AvgIpc) is 3.06. The van der Waals surface area contributed by atoms with E-state index in [0.29, 0.717) is 13.1 Å². The van der Waals surface area contributed by atoms with Gasteiger partial charge in [0.1, 0.15) is 5.82 Å². The van der Waals surface area contributed by atoms with Crippen LogP contribution in [0.25, 0.3) is 10.9 Å². The molecule has 1 amide bonds. The summed E-state index contributed by atoms with van der Waals surface area (Å²) in [5.41, 5.74) is 2.05. The van der Waals surface area contributed by atoms with E-state index >= 15 is 0 Å². The molecule has 1 N–H and O–H groups in total. The lowest BCUT2D eigenvalue weighted by molar-refractivity contribution is 0.0712. The summed E-state index contributed by atoms with van der Waals surface area (Å²) in [5, 5.41) is 0.997. The van der Waals surface area contributed by atoms with Gasteiger partial charge in [0, 0.05) is 35.8 Å². The number of aromatic amines is 1. The third kappa shape index (κ3) is 2.96. The van der Waals surface area contributed by atoms with E-state index < -0.39 is 11.6 Å². The molecule has 0 aliphatic carbocycles. The Labute approximate surface area is 148 Å². The Hall–Kier alpha value is -2.76. The topological polar surface area (TPSA) is 36.1 Å². The van der Waals surface area contributed by atoms with Crippen molar-refractivity contribution in [3.05, 3.63) is 71.2 Å². The lowest BCUT2D eigenvalue weighted by Gasteiger charge is -2.32. The summed E-state index contributed by atoms with van der Waals surface area (Å²) in [4.78, 5) is 17.3. The number of rotatable bonds is 2. The van der Waals surface area contributed by atoms with Gasteiger partial charge in [-0.2, -0.15) is 0 Å². The summed E-state index contributed by atoms with van der Waals surface area (Å²) in [6, 6.07) is 7.91. The smallest absolute Gasteiger partial charge is 0.253 e. The van der Waals surface area contributed by atoms with Crippen LogP contribution in [0.2, 0.25) is 0 Å². The van der Waals surface area contributed by atoms with Crippen molar-refractivity contribution in [3.8, 4) is 0 Å². The van der Waals surface area contributed by atoms with Gasteiger partial charge in [-0.3, -0.25) is 4.79 Å². The first-order valence-electron chi connectivity index (χ1n) is 8.54. The average molecular weight is 358 g/mol. The van der Waals surface area contributed by atoms with Crippen LogP contribution in [0, 0.1) is 17.5 Å². The van der Waals surface area contributed by atoms with Gasteiger partial charge in [-0.25, -0.2) is 13.2 Å². The number of aromatic nitrogens is 1. The maximum Gasteiger partial charge on any atom is 0.253 e. The number of likely N-dealkylation sites (tertiary alicyclic amines) is 1. The van der Waals surface area contributed by atoms with Crippen LogP contribution in [0.4, 0.5) is 13.2 Å². The number of benzene rings is 2. The fraction of sp³-hybridized carbons (Fsp3) is 0.250. The third-order valence-corrected chi connectivity index (χ3v) is 5.06. The molecule has 1 aromatic heterocycles. The SMILES string of the molecule is O=C(c1ccc(F)c(F)c1)N1CCC(c2c[nH]c3cc(F)ccc23)CC1. The van der Waals surface area contributed by atoms with Crippen LogP contribution in [0.5, 0.6) is 0 Å². The molecule has 0 saturated carbocycles. The van der Waals surface area contributed by atoms with Crippen molar-refractivity contribution in [1.29, 1.82) is 0 Å². The van der Waals surface area contributed by atoms with Gasteiger partial charge in [0.05, 0.1) is 0 Å². The molecule has 1 saturated heterocycles. The summed E-state index contributed by atoms with van der Waals surface area (Å²) >= 11 is 0. The zero-order valence-corrected chi connectivity index (χ0v) is 13.9. The van der Waals surface area contributed by atoms with Crippen LogP contribution in [0.15, 0.2) is 42.6 Å². The Morgan fingerprint density at radius 3 is 2.50 bits per heavy atom. The van der Waals surface area contributed by atoms with Gasteiger partial charge in [-0.05, 0) is 60.7 Å². The summed E-state index contributed by atoms with van der Waals surface area (Å²) in [6.07, 6.45) is 3.43. The largest absolute Gasteiger partial charge is 0.361 e. The molecule has 4 rings (SSSR count). The lowest BCUT2D eigenvalue weighted by Crippen LogP contribution is -2.38. The molecule has 0 spiro atoms. The molecule has 3 aromatic rings. The molecule has 1 aliphatic heterocycles. The number of hydrogen-bond donors (Lipinski definition) is 1. The highest BCUT2D eigenvalue weighted by Crippen LogP contribution is 2.33. The van der Waals surface area contributed by atoms with Gasteiger partial charge in [0.2, 0.25) is 0 Å². The quantitative estimate of drug-likeness (QED) is 0.714. The van der Waals surface area contributed by atoms with Crippen LogP contribution >= 0.6 is 0 Å². The number of H-pyrrole nitrogens is 1. The van der Waals surface area contributed by atoms with E-state index in [1.54, 1.807) is 11.0 Å². The second-order valence-corrected chi connectivity index (χ2v) is 6.63. The number of nitrogens with zero attached hydrogens (tertiary/aromatic N) is 1. The van der Waals surface area contributed by atoms with E-state index in [4.69, 9.17) is 0 Å². The predicted molar refractivity (Wildman–Crippen MR) is 92.5 cm³/mol. The minimum atomic E-state index is -1.02. The molecule has 1 aliphatic rings. The number of piperidine rings is 1. The second-order valence-electron chi connectivity index (χ2n) is 6.63. The predicted octanol–water partition coefficient (Wildman–Crippen LogP) is 4.61. The number of hydrogen-bond acceptors (Lipinski definition) is 1. The molecule has 0 atom stereocenters. The van der Waals surface area contributed by atoms with Crippen molar-refractivity contribution in [2.45, 2.75) is 18.8 Å². The number of carbonyl (C=O) groups is 1. The number of amides is 1. The van der Waals surface area contributed by atoms with Gasteiger partial charge in [0.25, 0.3) is 5.91 Å². The third-order valence-electron chi connectivity index (χ3n) is 5.06. The highest BCUT2D eigenvalue weighted by atomic mass is 19.2. The first kappa shape index (κ1) is 16.7. The molecular formula is C20H17F3N2O. The first-order valence-corrected chi connectivity index (χ1v) is 8.54. The number of nitrogens with one attached hydrogen (secondary N) is 1. The summed E-state index contributed by atoms with van der Waals surface area (Å²) < 4.78 is 39.7. The van der Waals surface area contributed by atoms with E-state index in [1.165, 1.54) is 18.2 Å². The van der Waals surface area contributed by atoms with Crippen LogP contribution in [0.1, 0.15) is 34.7 Å². The van der Waals surface area contributed by atoms with Crippen molar-refractivity contribution in [2.75, 3.05) is 13.1 Å². The van der Waals surface area contributed by atoms with Gasteiger partial charge >= 0.3 is 0 Å². The minimum absolute atomic E-state index is 0.157. The van der Waals surface area contributed by atoms with Gasteiger partial charge in [-0.1, -0.05) is 0 Å². The molecule has 1 fully saturated rings. The molecule has 6 heteroatoms. The molecular weight excluding hydrogens is 341 g/mol. The van der Waals surface area contributed by atoms with Crippen LogP contribution in [0.3, 0.4) is 0 Å². The van der Waals surface area contributed by atoms with Crippen LogP contribution in [-0.4, -0.2) is 28.9 Å². The number of carbonyl (C=O) groups excluding carboxylic acids is 1. The summed E-state index contributed by atoms with van der Waals surface area (Å²) in [6.45, 7) is 1.08. The zero-order chi connectivity index (χ0) is 18.3. The van der Waals surface area contributed by atoms with Crippen molar-refractivity contribution in [3.63, 3.8) is 0 Å². The van der Waals surface area contributed by atoms with Gasteiger partial charge < -0.3 is 9.88 Å². The Balaban J connectivity index is 1.48. The Morgan fingerprint density at radius 1 is 1.00 bits per heavy atom. The molecule has 0 radical (unpaired) electrons. The van der Waals surface area contributed by atoms with Gasteiger partial charge in [0.15, 0.2) is 11.6 Å². The van der Waals surface area contributed by atoms with E-state index in [2.05, 4.69) is 4.98 Å². The fourth-order valence-electron chi connectivity index (χ4n) is 3.66. The van der Waals surface area contributed by atoms with Crippen molar-refractivity contribution < 1.29 is 18.0 Å². The van der Waals surface area contributed by atoms with E-state index in [-0.39, 0.29) is 23.2 Å². The molecule has 2 aromatic carbocycles. The van der Waals surface area contributed by atoms with Crippen molar-refractivity contribution in [1.82, 2.24) is 9.88 Å². The highest BCUT2D eigenvalue weighted by Gasteiger charge is 2.26. The maximum absolute atomic E-state index is 13.4. The number of fused-ring (bicyclic) bond motifs is 1. The lowest BCUT2D eigenvalue weighted by atomic mass is 9.89. The Kier molecular flexibility index (Phi) is 4.18. The highest BCUT2D eigenvalue weighted by molar-refractivity contribution is 5.94. The van der Waals surface area contributed by atoms with E-state index in [0.717, 1.165) is 41.4 Å². The molecule has 26 heavy (non-hydrogen) atoms. The zero-order valence-electron chi connectivity index (χ0n) is 13.9. The second kappa shape index (κ2) is 6.52. The summed E-state index contributed by atoms with van der Waals surface area (Å²) in [5.74, 6) is -2.28. The standard InChI is InChI=1S/C20H17F3N2O/c21-14-2-3-15-16(11-24-19(15)10-14)12-5-7-25(8-6-12)20(26)13-1-4-17(22)18(23)9-13/h1-4,9-12,24H,5-8H2. The molecule has 134 valence electrons. The van der Waals surface area contributed by atoms with E-state index in [1.807, 2.05) is 6.20 Å². The molecule has 0 bridgehead atoms. The molecule has 2 heterocycles. The van der Waals surface area contributed by atoms with E-state index in [9.17, 15) is 18.0 Å². The monoisotopic (exact) mass is 358 g/mol. The fourth-order valence-corrected chi connectivity index (χ4v) is 3.66. The number of halogens is 3.